The van der Waals surface area contributed by atoms with Crippen molar-refractivity contribution in [2.75, 3.05) is 20.3 Å². The molecule has 0 unspecified atom stereocenters. The van der Waals surface area contributed by atoms with E-state index in [9.17, 15) is 46.0 Å². The summed E-state index contributed by atoms with van der Waals surface area (Å²) < 4.78 is 32.1. The topological polar surface area (TPSA) is 237 Å². The van der Waals surface area contributed by atoms with E-state index in [4.69, 9.17) is 28.4 Å². The van der Waals surface area contributed by atoms with Gasteiger partial charge in [0.15, 0.2) is 18.9 Å². The second-order valence-corrected chi connectivity index (χ2v) is 8.57. The van der Waals surface area contributed by atoms with Gasteiger partial charge in [0.05, 0.1) is 19.3 Å². The molecule has 0 aliphatic carbocycles. The highest BCUT2D eigenvalue weighted by molar-refractivity contribution is 4.94. The van der Waals surface area contributed by atoms with Gasteiger partial charge in [-0.3, -0.25) is 0 Å². The molecule has 3 rings (SSSR count). The maximum Gasteiger partial charge on any atom is 0.187 e. The average Bonchev–Trinajstić information content (AvgIpc) is 2.82. The zero-order chi connectivity index (χ0) is 25.3. The molecule has 0 aromatic carbocycles. The molecule has 15 atom stereocenters. The number of aliphatic hydroxyl groups excluding tert-OH is 9. The Hall–Kier alpha value is -0.600. The predicted octanol–water partition coefficient (Wildman–Crippen LogP) is -5.89. The molecule has 15 heteroatoms. The lowest BCUT2D eigenvalue weighted by atomic mass is 9.97. The summed E-state index contributed by atoms with van der Waals surface area (Å²) in [6, 6.07) is 0. The van der Waals surface area contributed by atoms with E-state index in [1.165, 1.54) is 14.0 Å². The van der Waals surface area contributed by atoms with E-state index in [0.29, 0.717) is 0 Å². The monoisotopic (exact) mass is 502 g/mol. The van der Waals surface area contributed by atoms with Crippen LogP contribution in [0.4, 0.5) is 0 Å². The van der Waals surface area contributed by atoms with Gasteiger partial charge in [0.2, 0.25) is 0 Å². The maximum atomic E-state index is 10.8. The van der Waals surface area contributed by atoms with Crippen molar-refractivity contribution in [1.82, 2.24) is 0 Å². The van der Waals surface area contributed by atoms with Crippen LogP contribution in [0.15, 0.2) is 0 Å². The minimum atomic E-state index is -1.78. The summed E-state index contributed by atoms with van der Waals surface area (Å²) in [5, 5.41) is 90.5. The van der Waals surface area contributed by atoms with Gasteiger partial charge in [-0.05, 0) is 6.92 Å². The van der Waals surface area contributed by atoms with Crippen molar-refractivity contribution in [2.45, 2.75) is 99.0 Å². The summed E-state index contributed by atoms with van der Waals surface area (Å²) in [5.41, 5.74) is 0. The fraction of sp³-hybridized carbons (Fsp3) is 1.00. The van der Waals surface area contributed by atoms with Crippen molar-refractivity contribution < 1.29 is 74.4 Å². The van der Waals surface area contributed by atoms with E-state index in [2.05, 4.69) is 0 Å². The largest absolute Gasteiger partial charge is 0.394 e. The Morgan fingerprint density at radius 1 is 0.618 bits per heavy atom. The Kier molecular flexibility index (Phi) is 9.57. The van der Waals surface area contributed by atoms with E-state index in [1.807, 2.05) is 0 Å². The van der Waals surface area contributed by atoms with E-state index >= 15 is 0 Å². The highest BCUT2D eigenvalue weighted by Gasteiger charge is 2.51. The third-order valence-electron chi connectivity index (χ3n) is 6.25. The molecule has 0 aromatic rings. The molecule has 3 heterocycles. The predicted molar refractivity (Wildman–Crippen MR) is 105 cm³/mol. The first kappa shape index (κ1) is 28.0. The van der Waals surface area contributed by atoms with Gasteiger partial charge in [-0.1, -0.05) is 0 Å². The van der Waals surface area contributed by atoms with Crippen LogP contribution < -0.4 is 0 Å². The van der Waals surface area contributed by atoms with Crippen LogP contribution in [-0.4, -0.2) is 158 Å². The molecule has 34 heavy (non-hydrogen) atoms. The zero-order valence-corrected chi connectivity index (χ0v) is 18.5. The van der Waals surface area contributed by atoms with Gasteiger partial charge in [-0.25, -0.2) is 0 Å². The molecule has 0 saturated carbocycles. The molecule has 3 saturated heterocycles. The molecular formula is C19H34O15. The van der Waals surface area contributed by atoms with Crippen LogP contribution in [0.2, 0.25) is 0 Å². The maximum absolute atomic E-state index is 10.8. The Morgan fingerprint density at radius 2 is 1.21 bits per heavy atom. The van der Waals surface area contributed by atoms with E-state index in [0.717, 1.165) is 0 Å². The molecule has 15 nitrogen and oxygen atoms in total. The Morgan fingerprint density at radius 3 is 1.82 bits per heavy atom. The van der Waals surface area contributed by atoms with E-state index in [-0.39, 0.29) is 0 Å². The van der Waals surface area contributed by atoms with E-state index < -0.39 is 105 Å². The number of hydrogen-bond acceptors (Lipinski definition) is 15. The van der Waals surface area contributed by atoms with Crippen molar-refractivity contribution >= 4 is 0 Å². The summed E-state index contributed by atoms with van der Waals surface area (Å²) in [6.07, 6.45) is -22.1. The van der Waals surface area contributed by atoms with Crippen molar-refractivity contribution in [3.05, 3.63) is 0 Å². The first-order valence-corrected chi connectivity index (χ1v) is 10.8. The summed E-state index contributed by atoms with van der Waals surface area (Å²) in [4.78, 5) is 0. The van der Waals surface area contributed by atoms with Crippen LogP contribution >= 0.6 is 0 Å². The fourth-order valence-electron chi connectivity index (χ4n) is 4.07. The Labute approximate surface area is 194 Å². The third-order valence-corrected chi connectivity index (χ3v) is 6.25. The summed E-state index contributed by atoms with van der Waals surface area (Å²) in [7, 11) is 1.21. The van der Waals surface area contributed by atoms with Gasteiger partial charge in [0, 0.05) is 7.11 Å². The van der Waals surface area contributed by atoms with Crippen LogP contribution in [-0.2, 0) is 28.4 Å². The normalized spacial score (nSPS) is 52.5. The lowest BCUT2D eigenvalue weighted by Crippen LogP contribution is -2.65. The molecule has 3 aliphatic rings. The first-order chi connectivity index (χ1) is 16.0. The van der Waals surface area contributed by atoms with Crippen molar-refractivity contribution in [3.63, 3.8) is 0 Å². The van der Waals surface area contributed by atoms with Crippen LogP contribution in [0.5, 0.6) is 0 Å². The van der Waals surface area contributed by atoms with Gasteiger partial charge in [0.1, 0.15) is 67.1 Å². The van der Waals surface area contributed by atoms with Crippen molar-refractivity contribution in [2.24, 2.45) is 0 Å². The number of hydrogen-bond donors (Lipinski definition) is 9. The zero-order valence-electron chi connectivity index (χ0n) is 18.5. The van der Waals surface area contributed by atoms with Crippen LogP contribution in [0.25, 0.3) is 0 Å². The molecule has 3 aliphatic heterocycles. The van der Waals surface area contributed by atoms with Crippen molar-refractivity contribution in [3.8, 4) is 0 Å². The van der Waals surface area contributed by atoms with Crippen LogP contribution in [0.1, 0.15) is 6.92 Å². The van der Waals surface area contributed by atoms with Crippen LogP contribution in [0, 0.1) is 0 Å². The lowest BCUT2D eigenvalue weighted by molar-refractivity contribution is -0.363. The van der Waals surface area contributed by atoms with Gasteiger partial charge < -0.3 is 74.4 Å². The van der Waals surface area contributed by atoms with Crippen molar-refractivity contribution in [1.29, 1.82) is 0 Å². The minimum absolute atomic E-state index is 0.445. The standard InChI is InChI=1S/C19H34O15/c1-5-8(21)11(24)13(26)18(31-5)30-4-7-10(23)16(15(28)17(29-2)33-7)34-19-14(27)12(25)9(22)6(3-20)32-19/h5-28H,3-4H2,1-2H3/t5-,6-,7-,8-,9-,10-,11+,12+,13+,14+,15+,16+,17+,18+,19-/m1/s1. The van der Waals surface area contributed by atoms with Gasteiger partial charge in [0.25, 0.3) is 0 Å². The molecule has 0 radical (unpaired) electrons. The SMILES string of the molecule is CO[C@H]1O[C@H](CO[C@H]2O[C@H](C)[C@@H](O)[C@H](O)[C@@H]2O)[C@@H](O)[C@H](O[C@H]2O[C@H](CO)[C@@H](O)[C@H](O)[C@@H]2O)[C@@H]1O. The molecule has 0 spiro atoms. The molecular weight excluding hydrogens is 468 g/mol. The fourth-order valence-corrected chi connectivity index (χ4v) is 4.07. The lowest BCUT2D eigenvalue weighted by Gasteiger charge is -2.46. The summed E-state index contributed by atoms with van der Waals surface area (Å²) >= 11 is 0. The van der Waals surface area contributed by atoms with E-state index in [1.54, 1.807) is 0 Å². The number of aliphatic hydroxyl groups is 9. The van der Waals surface area contributed by atoms with Crippen LogP contribution in [0.3, 0.4) is 0 Å². The number of ether oxygens (including phenoxy) is 6. The number of methoxy groups -OCH3 is 1. The number of rotatable bonds is 7. The second-order valence-electron chi connectivity index (χ2n) is 8.57. The first-order valence-electron chi connectivity index (χ1n) is 10.8. The van der Waals surface area contributed by atoms with Gasteiger partial charge in [-0.15, -0.1) is 0 Å². The summed E-state index contributed by atoms with van der Waals surface area (Å²) in [6.45, 7) is 0.312. The van der Waals surface area contributed by atoms with Gasteiger partial charge >= 0.3 is 0 Å². The quantitative estimate of drug-likeness (QED) is 0.157. The Balaban J connectivity index is 1.68. The highest BCUT2D eigenvalue weighted by atomic mass is 16.7. The smallest absolute Gasteiger partial charge is 0.187 e. The summed E-state index contributed by atoms with van der Waals surface area (Å²) in [5.74, 6) is 0. The molecule has 0 bridgehead atoms. The minimum Gasteiger partial charge on any atom is -0.394 e. The van der Waals surface area contributed by atoms with Gasteiger partial charge in [-0.2, -0.15) is 0 Å². The average molecular weight is 502 g/mol. The second kappa shape index (κ2) is 11.6. The third kappa shape index (κ3) is 5.54. The molecule has 0 amide bonds. The molecule has 200 valence electrons. The molecule has 9 N–H and O–H groups in total. The highest BCUT2D eigenvalue weighted by Crippen LogP contribution is 2.30. The Bertz CT molecular complexity index is 639. The molecule has 0 aromatic heterocycles. The molecule has 3 fully saturated rings.